The standard InChI is InChI=1S/C33H26Cl2F3N3O5S/c1-3-41-19-29(26-14-10-23(34)17-28(26)35)39-31(41)16-20-4-6-21(7-5-20)22-8-11-24(12-9-22)46-25-13-15-30(27(18-25)32(42)43)40(2)47(44,45)33(36,37)38/h4-15,17-19H,3,16H2,1-2H3,(H,42,43). The SMILES string of the molecule is CCn1cc(-c2ccc(Cl)cc2Cl)nc1Cc1ccc(-c2ccc(Oc3ccc(N(C)S(=O)(=O)C(F)(F)F)c(C(=O)O)c3)cc2)cc1. The number of anilines is 1. The number of aromatic carboxylic acids is 1. The average Bonchev–Trinajstić information content (AvgIpc) is 3.43. The first-order valence-corrected chi connectivity index (χ1v) is 16.2. The Labute approximate surface area is 278 Å². The first-order valence-electron chi connectivity index (χ1n) is 14.0. The summed E-state index contributed by atoms with van der Waals surface area (Å²) in [6.07, 6.45) is 2.57. The number of halogens is 5. The number of carboxylic acid groups (broad SMARTS) is 1. The summed E-state index contributed by atoms with van der Waals surface area (Å²) >= 11 is 12.4. The molecule has 0 atom stereocenters. The van der Waals surface area contributed by atoms with Gasteiger partial charge in [-0.25, -0.2) is 9.78 Å². The molecule has 0 saturated carbocycles. The highest BCUT2D eigenvalue weighted by Crippen LogP contribution is 2.35. The number of nitrogens with zero attached hydrogens (tertiary/aromatic N) is 3. The molecule has 0 bridgehead atoms. The molecule has 1 aromatic heterocycles. The van der Waals surface area contributed by atoms with Gasteiger partial charge in [0.05, 0.1) is 22.0 Å². The van der Waals surface area contributed by atoms with Crippen molar-refractivity contribution < 1.29 is 36.2 Å². The molecule has 1 heterocycles. The van der Waals surface area contributed by atoms with E-state index in [-0.39, 0.29) is 10.1 Å². The number of rotatable bonds is 10. The Morgan fingerprint density at radius 1 is 0.936 bits per heavy atom. The van der Waals surface area contributed by atoms with Gasteiger partial charge in [0, 0.05) is 36.8 Å². The third-order valence-electron chi connectivity index (χ3n) is 7.34. The highest BCUT2D eigenvalue weighted by Gasteiger charge is 2.49. The molecular formula is C33H26Cl2F3N3O5S. The van der Waals surface area contributed by atoms with Crippen LogP contribution in [0.4, 0.5) is 18.9 Å². The summed E-state index contributed by atoms with van der Waals surface area (Å²) in [4.78, 5) is 16.6. The van der Waals surface area contributed by atoms with E-state index < -0.39 is 32.8 Å². The van der Waals surface area contributed by atoms with E-state index in [1.165, 1.54) is 6.07 Å². The maximum Gasteiger partial charge on any atom is 0.516 e. The van der Waals surface area contributed by atoms with Gasteiger partial charge in [-0.05, 0) is 72.1 Å². The third kappa shape index (κ3) is 7.24. The van der Waals surface area contributed by atoms with Crippen molar-refractivity contribution >= 4 is 44.9 Å². The van der Waals surface area contributed by atoms with E-state index >= 15 is 0 Å². The number of hydrogen-bond donors (Lipinski definition) is 1. The quantitative estimate of drug-likeness (QED) is 0.156. The minimum atomic E-state index is -5.81. The van der Waals surface area contributed by atoms with Crippen LogP contribution in [0.15, 0.2) is 91.1 Å². The number of aryl methyl sites for hydroxylation is 1. The van der Waals surface area contributed by atoms with Crippen molar-refractivity contribution in [2.24, 2.45) is 0 Å². The molecule has 0 spiro atoms. The molecule has 14 heteroatoms. The Kier molecular flexibility index (Phi) is 9.58. The van der Waals surface area contributed by atoms with E-state index in [1.807, 2.05) is 43.5 Å². The second-order valence-corrected chi connectivity index (χ2v) is 13.2. The van der Waals surface area contributed by atoms with E-state index in [9.17, 15) is 31.5 Å². The summed E-state index contributed by atoms with van der Waals surface area (Å²) in [5.41, 5.74) is -2.53. The molecule has 4 aromatic carbocycles. The first-order chi connectivity index (χ1) is 22.2. The fraction of sp³-hybridized carbons (Fsp3) is 0.152. The van der Waals surface area contributed by atoms with Crippen LogP contribution in [0.25, 0.3) is 22.4 Å². The summed E-state index contributed by atoms with van der Waals surface area (Å²) in [5, 5.41) is 10.6. The number of alkyl halides is 3. The summed E-state index contributed by atoms with van der Waals surface area (Å²) < 4.78 is 70.4. The zero-order valence-corrected chi connectivity index (χ0v) is 27.1. The van der Waals surface area contributed by atoms with Gasteiger partial charge >= 0.3 is 21.5 Å². The second-order valence-electron chi connectivity index (χ2n) is 10.4. The molecule has 0 aliphatic carbocycles. The van der Waals surface area contributed by atoms with Crippen molar-refractivity contribution in [3.05, 3.63) is 118 Å². The van der Waals surface area contributed by atoms with Gasteiger partial charge in [-0.3, -0.25) is 4.31 Å². The highest BCUT2D eigenvalue weighted by atomic mass is 35.5. The lowest BCUT2D eigenvalue weighted by Gasteiger charge is -2.22. The number of benzene rings is 4. The molecule has 1 N–H and O–H groups in total. The molecule has 0 radical (unpaired) electrons. The van der Waals surface area contributed by atoms with Crippen LogP contribution in [0.3, 0.4) is 0 Å². The summed E-state index contributed by atoms with van der Waals surface area (Å²) in [5.74, 6) is -0.421. The van der Waals surface area contributed by atoms with E-state index in [0.717, 1.165) is 52.4 Å². The number of carboxylic acids is 1. The van der Waals surface area contributed by atoms with Gasteiger partial charge in [-0.15, -0.1) is 0 Å². The van der Waals surface area contributed by atoms with Gasteiger partial charge in [-0.2, -0.15) is 21.6 Å². The molecule has 244 valence electrons. The monoisotopic (exact) mass is 703 g/mol. The predicted molar refractivity (Wildman–Crippen MR) is 175 cm³/mol. The number of sulfonamides is 1. The third-order valence-corrected chi connectivity index (χ3v) is 9.39. The minimum absolute atomic E-state index is 0.00649. The fourth-order valence-corrected chi connectivity index (χ4v) is 6.09. The number of carbonyl (C=O) groups is 1. The van der Waals surface area contributed by atoms with Crippen LogP contribution in [0.2, 0.25) is 10.0 Å². The molecular weight excluding hydrogens is 678 g/mol. The molecule has 0 aliphatic heterocycles. The largest absolute Gasteiger partial charge is 0.516 e. The van der Waals surface area contributed by atoms with Crippen molar-refractivity contribution in [3.8, 4) is 33.9 Å². The topological polar surface area (TPSA) is 102 Å². The number of ether oxygens (including phenoxy) is 1. The minimum Gasteiger partial charge on any atom is -0.478 e. The summed E-state index contributed by atoms with van der Waals surface area (Å²) in [6, 6.07) is 23.3. The smallest absolute Gasteiger partial charge is 0.478 e. The Bertz CT molecular complexity index is 2050. The number of hydrogen-bond acceptors (Lipinski definition) is 5. The zero-order valence-electron chi connectivity index (χ0n) is 24.8. The van der Waals surface area contributed by atoms with Crippen LogP contribution < -0.4 is 9.04 Å². The molecule has 0 unspecified atom stereocenters. The van der Waals surface area contributed by atoms with Crippen molar-refractivity contribution in [2.45, 2.75) is 25.4 Å². The van der Waals surface area contributed by atoms with Crippen LogP contribution in [-0.4, -0.2) is 41.6 Å². The number of aromatic nitrogens is 2. The van der Waals surface area contributed by atoms with Crippen LogP contribution in [0, 0.1) is 0 Å². The highest BCUT2D eigenvalue weighted by molar-refractivity contribution is 7.93. The zero-order chi connectivity index (χ0) is 34.1. The lowest BCUT2D eigenvalue weighted by molar-refractivity contribution is -0.0437. The molecule has 5 aromatic rings. The van der Waals surface area contributed by atoms with Crippen molar-refractivity contribution in [2.75, 3.05) is 11.4 Å². The van der Waals surface area contributed by atoms with E-state index in [0.29, 0.717) is 29.3 Å². The van der Waals surface area contributed by atoms with E-state index in [2.05, 4.69) is 4.57 Å². The van der Waals surface area contributed by atoms with Gasteiger partial charge in [0.25, 0.3) is 0 Å². The first kappa shape index (κ1) is 33.8. The average molecular weight is 705 g/mol. The number of imidazole rings is 1. The van der Waals surface area contributed by atoms with Crippen molar-refractivity contribution in [1.29, 1.82) is 0 Å². The van der Waals surface area contributed by atoms with Crippen molar-refractivity contribution in [3.63, 3.8) is 0 Å². The lowest BCUT2D eigenvalue weighted by atomic mass is 10.0. The Balaban J connectivity index is 1.29. The molecule has 5 rings (SSSR count). The van der Waals surface area contributed by atoms with Crippen LogP contribution in [0.5, 0.6) is 11.5 Å². The van der Waals surface area contributed by atoms with E-state index in [4.69, 9.17) is 32.9 Å². The van der Waals surface area contributed by atoms with E-state index in [1.54, 1.807) is 36.4 Å². The van der Waals surface area contributed by atoms with Crippen LogP contribution >= 0.6 is 23.2 Å². The maximum atomic E-state index is 13.0. The Morgan fingerprint density at radius 2 is 1.55 bits per heavy atom. The second kappa shape index (κ2) is 13.3. The predicted octanol–water partition coefficient (Wildman–Crippen LogP) is 8.91. The fourth-order valence-electron chi connectivity index (χ4n) is 4.85. The Hall–Kier alpha value is -4.52. The normalized spacial score (nSPS) is 11.8. The van der Waals surface area contributed by atoms with Gasteiger partial charge in [0.1, 0.15) is 17.3 Å². The van der Waals surface area contributed by atoms with Crippen LogP contribution in [-0.2, 0) is 23.0 Å². The molecule has 0 fully saturated rings. The molecule has 47 heavy (non-hydrogen) atoms. The van der Waals surface area contributed by atoms with Gasteiger partial charge in [-0.1, -0.05) is 59.6 Å². The van der Waals surface area contributed by atoms with Gasteiger partial charge in [0.2, 0.25) is 0 Å². The summed E-state index contributed by atoms with van der Waals surface area (Å²) in [7, 11) is -5.18. The van der Waals surface area contributed by atoms with Crippen LogP contribution in [0.1, 0.15) is 28.7 Å². The van der Waals surface area contributed by atoms with Crippen molar-refractivity contribution in [1.82, 2.24) is 9.55 Å². The lowest BCUT2D eigenvalue weighted by Crippen LogP contribution is -2.38. The van der Waals surface area contributed by atoms with Gasteiger partial charge < -0.3 is 14.4 Å². The molecule has 0 aliphatic rings. The Morgan fingerprint density at radius 3 is 2.13 bits per heavy atom. The summed E-state index contributed by atoms with van der Waals surface area (Å²) in [6.45, 7) is 2.78. The maximum absolute atomic E-state index is 13.0. The van der Waals surface area contributed by atoms with Gasteiger partial charge in [0.15, 0.2) is 0 Å². The molecule has 8 nitrogen and oxygen atoms in total. The molecule has 0 saturated heterocycles. The molecule has 0 amide bonds.